The molecule has 0 aliphatic carbocycles. The van der Waals surface area contributed by atoms with E-state index >= 15 is 0 Å². The zero-order valence-electron chi connectivity index (χ0n) is 32.8. The predicted molar refractivity (Wildman–Crippen MR) is 231 cm³/mol. The molecule has 0 spiro atoms. The number of aromatic amines is 2. The molecular weight excluding hydrogens is 731 g/mol. The fourth-order valence-electron chi connectivity index (χ4n) is 7.80. The maximum Gasteiger partial charge on any atom is 0.270 e. The zero-order valence-corrected chi connectivity index (χ0v) is 32.8. The van der Waals surface area contributed by atoms with Gasteiger partial charge in [0.15, 0.2) is 11.5 Å². The van der Waals surface area contributed by atoms with Crippen molar-refractivity contribution < 1.29 is 24.2 Å². The van der Waals surface area contributed by atoms with Crippen molar-refractivity contribution in [1.29, 1.82) is 0 Å². The highest BCUT2D eigenvalue weighted by Gasteiger charge is 2.21. The minimum absolute atomic E-state index is 0.0170. The summed E-state index contributed by atoms with van der Waals surface area (Å²) in [7, 11) is 4.72. The van der Waals surface area contributed by atoms with E-state index in [1.807, 2.05) is 66.8 Å². The number of benzene rings is 3. The molecule has 0 saturated heterocycles. The molecule has 3 aromatic heterocycles. The predicted octanol–water partition coefficient (Wildman–Crippen LogP) is 11.4. The fraction of sp³-hybridized carbons (Fsp3) is 0.191. The first-order valence-electron chi connectivity index (χ1n) is 19.3. The number of hydrogen-bond donors (Lipinski definition) is 3. The minimum atomic E-state index is -0.382. The zero-order chi connectivity index (χ0) is 40.3. The van der Waals surface area contributed by atoms with E-state index in [1.165, 1.54) is 6.07 Å². The maximum atomic E-state index is 12.0. The van der Waals surface area contributed by atoms with Gasteiger partial charge in [-0.05, 0) is 102 Å². The lowest BCUT2D eigenvalue weighted by atomic mass is 10.0. The van der Waals surface area contributed by atoms with E-state index in [9.17, 15) is 15.2 Å². The lowest BCUT2D eigenvalue weighted by Gasteiger charge is -2.14. The summed E-state index contributed by atoms with van der Waals surface area (Å²) in [4.78, 5) is 29.6. The number of non-ortho nitro benzene ring substituents is 1. The Kier molecular flexibility index (Phi) is 10.5. The molecule has 0 fully saturated rings. The van der Waals surface area contributed by atoms with Crippen molar-refractivity contribution in [2.24, 2.45) is 0 Å². The highest BCUT2D eigenvalue weighted by atomic mass is 16.6. The number of aromatic nitrogens is 4. The summed E-state index contributed by atoms with van der Waals surface area (Å²) in [6, 6.07) is 25.7. The molecule has 11 heteroatoms. The van der Waals surface area contributed by atoms with Gasteiger partial charge >= 0.3 is 0 Å². The van der Waals surface area contributed by atoms with Gasteiger partial charge in [0.25, 0.3) is 5.69 Å². The molecule has 0 saturated carbocycles. The van der Waals surface area contributed by atoms with Crippen molar-refractivity contribution in [1.82, 2.24) is 19.9 Å². The molecule has 0 amide bonds. The van der Waals surface area contributed by atoms with Crippen LogP contribution in [-0.4, -0.2) is 51.3 Å². The number of nitro groups is 1. The van der Waals surface area contributed by atoms with Gasteiger partial charge in [-0.15, -0.1) is 0 Å². The second kappa shape index (κ2) is 16.1. The van der Waals surface area contributed by atoms with Crippen LogP contribution in [0.5, 0.6) is 23.0 Å². The molecule has 292 valence electrons. The van der Waals surface area contributed by atoms with Gasteiger partial charge in [0.2, 0.25) is 5.75 Å². The highest BCUT2D eigenvalue weighted by molar-refractivity contribution is 5.98. The van der Waals surface area contributed by atoms with Crippen molar-refractivity contribution in [3.05, 3.63) is 123 Å². The van der Waals surface area contributed by atoms with Crippen LogP contribution in [0.4, 0.5) is 5.69 Å². The summed E-state index contributed by atoms with van der Waals surface area (Å²) < 4.78 is 17.3. The van der Waals surface area contributed by atoms with Crippen LogP contribution in [0.25, 0.3) is 79.8 Å². The van der Waals surface area contributed by atoms with Gasteiger partial charge in [0, 0.05) is 56.5 Å². The van der Waals surface area contributed by atoms with Gasteiger partial charge in [-0.25, -0.2) is 9.97 Å². The molecule has 8 rings (SSSR count). The summed E-state index contributed by atoms with van der Waals surface area (Å²) in [5.41, 5.74) is 11.8. The van der Waals surface area contributed by atoms with Crippen molar-refractivity contribution in [3.8, 4) is 56.4 Å². The molecule has 8 bridgehead atoms. The molecule has 5 heterocycles. The Morgan fingerprint density at radius 2 is 1.17 bits per heavy atom. The number of methoxy groups -OCH3 is 3. The number of unbranched alkanes of at least 4 members (excludes halogenated alkanes) is 3. The van der Waals surface area contributed by atoms with E-state index in [0.717, 1.165) is 87.9 Å². The molecular formula is C47H43N5O6. The number of fused-ring (bicyclic) bond motifs is 8. The third-order valence-electron chi connectivity index (χ3n) is 10.6. The molecule has 2 aliphatic rings. The summed E-state index contributed by atoms with van der Waals surface area (Å²) in [6.07, 6.45) is 13.1. The Balaban J connectivity index is 1.53. The van der Waals surface area contributed by atoms with E-state index in [0.29, 0.717) is 45.3 Å². The topological polar surface area (TPSA) is 148 Å². The number of H-pyrrole nitrogens is 2. The standard InChI is InChI=1S/C47H43N5O6/c1-5-6-7-8-12-33-34-17-19-36(48-34)44(28-13-15-32(53)16-14-28)37-21-23-40(50-37)46(30-26-42(56-2)47(58-4)43(27-30)57-3)41-24-22-39(51-41)45(38-20-18-35(33)49-38)29-10-9-11-31(25-29)52(54)55/h9-11,13-27,48,51,53H,5-8,12H2,1-4H3. The van der Waals surface area contributed by atoms with Crippen molar-refractivity contribution in [2.75, 3.05) is 21.3 Å². The Morgan fingerprint density at radius 3 is 1.76 bits per heavy atom. The quantitative estimate of drug-likeness (QED) is 0.0631. The van der Waals surface area contributed by atoms with E-state index in [4.69, 9.17) is 24.2 Å². The summed E-state index contributed by atoms with van der Waals surface area (Å²) in [6.45, 7) is 2.20. The van der Waals surface area contributed by atoms with E-state index < -0.39 is 0 Å². The number of phenols is 1. The molecule has 3 N–H and O–H groups in total. The van der Waals surface area contributed by atoms with Crippen LogP contribution in [0, 0.1) is 10.1 Å². The van der Waals surface area contributed by atoms with Crippen LogP contribution in [0.3, 0.4) is 0 Å². The summed E-state index contributed by atoms with van der Waals surface area (Å²) in [5.74, 6) is 1.58. The summed E-state index contributed by atoms with van der Waals surface area (Å²) >= 11 is 0. The third-order valence-corrected chi connectivity index (χ3v) is 10.6. The van der Waals surface area contributed by atoms with Crippen LogP contribution in [0.1, 0.15) is 60.9 Å². The molecule has 3 aromatic carbocycles. The van der Waals surface area contributed by atoms with Crippen molar-refractivity contribution in [3.63, 3.8) is 0 Å². The first kappa shape index (κ1) is 37.8. The first-order valence-corrected chi connectivity index (χ1v) is 19.3. The van der Waals surface area contributed by atoms with Crippen molar-refractivity contribution >= 4 is 52.1 Å². The SMILES string of the molecule is CCCCCCc1c2nc(c(-c3cccc([N+](=O)[O-])c3)c3ccc([nH]3)c(-c3cc(OC)c(OC)c(OC)c3)c3nc(c(-c4ccc(O)cc4)c4ccc1[nH]4)C=C3)C=C2. The van der Waals surface area contributed by atoms with E-state index in [2.05, 4.69) is 29.0 Å². The molecule has 2 aliphatic heterocycles. The number of aryl methyl sites for hydroxylation is 1. The number of phenolic OH excluding ortho intramolecular Hbond substituents is 1. The Morgan fingerprint density at radius 1 is 0.621 bits per heavy atom. The molecule has 11 nitrogen and oxygen atoms in total. The van der Waals surface area contributed by atoms with Gasteiger partial charge in [-0.1, -0.05) is 50.5 Å². The fourth-order valence-corrected chi connectivity index (χ4v) is 7.80. The lowest BCUT2D eigenvalue weighted by molar-refractivity contribution is -0.384. The van der Waals surface area contributed by atoms with Crippen LogP contribution in [0.15, 0.2) is 84.9 Å². The van der Waals surface area contributed by atoms with Crippen LogP contribution < -0.4 is 14.2 Å². The number of rotatable bonds is 12. The summed E-state index contributed by atoms with van der Waals surface area (Å²) in [5, 5.41) is 22.3. The normalized spacial score (nSPS) is 11.9. The molecule has 6 aromatic rings. The van der Waals surface area contributed by atoms with Crippen LogP contribution in [0.2, 0.25) is 0 Å². The third kappa shape index (κ3) is 7.18. The number of hydrogen-bond acceptors (Lipinski definition) is 8. The second-order valence-corrected chi connectivity index (χ2v) is 14.2. The van der Waals surface area contributed by atoms with E-state index in [-0.39, 0.29) is 16.4 Å². The van der Waals surface area contributed by atoms with E-state index in [1.54, 1.807) is 45.6 Å². The number of nitrogens with one attached hydrogen (secondary N) is 2. The lowest BCUT2D eigenvalue weighted by Crippen LogP contribution is -1.96. The molecule has 0 radical (unpaired) electrons. The maximum absolute atomic E-state index is 12.0. The number of nitro benzene ring substituents is 1. The van der Waals surface area contributed by atoms with Gasteiger partial charge in [0.1, 0.15) is 5.75 Å². The van der Waals surface area contributed by atoms with Gasteiger partial charge in [0.05, 0.1) is 49.0 Å². The van der Waals surface area contributed by atoms with Gasteiger partial charge in [-0.3, -0.25) is 10.1 Å². The Labute approximate surface area is 335 Å². The van der Waals surface area contributed by atoms with Gasteiger partial charge < -0.3 is 29.3 Å². The highest BCUT2D eigenvalue weighted by Crippen LogP contribution is 2.44. The van der Waals surface area contributed by atoms with Gasteiger partial charge in [-0.2, -0.15) is 0 Å². The second-order valence-electron chi connectivity index (χ2n) is 14.2. The number of ether oxygens (including phenoxy) is 3. The smallest absolute Gasteiger partial charge is 0.270 e. The molecule has 0 atom stereocenters. The average molecular weight is 774 g/mol. The average Bonchev–Trinajstić information content (AvgIpc) is 4.09. The minimum Gasteiger partial charge on any atom is -0.508 e. The Bertz CT molecular complexity index is 2750. The Hall–Kier alpha value is -7.14. The van der Waals surface area contributed by atoms with Crippen molar-refractivity contribution in [2.45, 2.75) is 39.0 Å². The molecule has 58 heavy (non-hydrogen) atoms. The monoisotopic (exact) mass is 773 g/mol. The largest absolute Gasteiger partial charge is 0.508 e. The first-order chi connectivity index (χ1) is 28.3. The molecule has 0 unspecified atom stereocenters. The van der Waals surface area contributed by atoms with Crippen LogP contribution >= 0.6 is 0 Å². The van der Waals surface area contributed by atoms with Crippen LogP contribution in [-0.2, 0) is 6.42 Å². The number of nitrogens with zero attached hydrogens (tertiary/aromatic N) is 3. The number of aromatic hydroxyl groups is 1.